The smallest absolute Gasteiger partial charge is 0.301 e. The van der Waals surface area contributed by atoms with E-state index in [1.807, 2.05) is 0 Å². The molecule has 202 valence electrons. The van der Waals surface area contributed by atoms with Crippen LogP contribution in [0.15, 0.2) is 76.6 Å². The summed E-state index contributed by atoms with van der Waals surface area (Å²) in [5, 5.41) is 30.0. The van der Waals surface area contributed by atoms with Crippen molar-refractivity contribution in [3.05, 3.63) is 94.8 Å². The molecule has 0 bridgehead atoms. The Balaban J connectivity index is 1.38. The topological polar surface area (TPSA) is 122 Å². The average Bonchev–Trinajstić information content (AvgIpc) is 3.54. The molecule has 1 aromatic heterocycles. The molecule has 4 aromatic rings. The first-order chi connectivity index (χ1) is 19.4. The number of carbonyl (C=O) groups excluding carboxylic acids is 2. The first-order valence-electron chi connectivity index (χ1n) is 12.1. The average molecular weight is 578 g/mol. The van der Waals surface area contributed by atoms with Crippen LogP contribution in [0.2, 0.25) is 0 Å². The first-order valence-corrected chi connectivity index (χ1v) is 13.9. The highest BCUT2D eigenvalue weighted by atomic mass is 32.2. The van der Waals surface area contributed by atoms with Crippen LogP contribution < -0.4 is 14.4 Å². The fourth-order valence-corrected chi connectivity index (χ4v) is 6.29. The van der Waals surface area contributed by atoms with E-state index in [1.54, 1.807) is 42.5 Å². The van der Waals surface area contributed by atoms with Crippen LogP contribution in [0.25, 0.3) is 5.76 Å². The number of nitrogens with zero attached hydrogens (tertiary/aromatic N) is 3. The second-order valence-electron chi connectivity index (χ2n) is 8.89. The maximum absolute atomic E-state index is 13.4. The fourth-order valence-electron chi connectivity index (χ4n) is 4.47. The molecule has 2 aliphatic heterocycles. The van der Waals surface area contributed by atoms with Crippen LogP contribution in [-0.4, -0.2) is 45.3 Å². The minimum absolute atomic E-state index is 0.0739. The third kappa shape index (κ3) is 4.87. The van der Waals surface area contributed by atoms with Crippen molar-refractivity contribution in [2.45, 2.75) is 16.1 Å². The van der Waals surface area contributed by atoms with Crippen molar-refractivity contribution in [2.75, 3.05) is 18.1 Å². The molecule has 0 unspecified atom stereocenters. The van der Waals surface area contributed by atoms with Crippen LogP contribution in [0.1, 0.15) is 22.7 Å². The fraction of sp³-hybridized carbons (Fsp3) is 0.143. The van der Waals surface area contributed by atoms with Crippen LogP contribution in [0.3, 0.4) is 0 Å². The van der Waals surface area contributed by atoms with Crippen molar-refractivity contribution < 1.29 is 33.7 Å². The van der Waals surface area contributed by atoms with Gasteiger partial charge in [-0.05, 0) is 53.6 Å². The molecule has 0 radical (unpaired) electrons. The van der Waals surface area contributed by atoms with Crippen LogP contribution in [0.5, 0.6) is 17.2 Å². The van der Waals surface area contributed by atoms with E-state index >= 15 is 0 Å². The third-order valence-electron chi connectivity index (χ3n) is 6.32. The van der Waals surface area contributed by atoms with Gasteiger partial charge in [-0.1, -0.05) is 47.4 Å². The van der Waals surface area contributed by atoms with E-state index < -0.39 is 23.5 Å². The molecule has 1 atom stereocenters. The number of aliphatic hydroxyl groups excluding tert-OH is 1. The Morgan fingerprint density at radius 3 is 2.58 bits per heavy atom. The lowest BCUT2D eigenvalue weighted by Gasteiger charge is -2.23. The Kier molecular flexibility index (Phi) is 6.86. The molecule has 2 N–H and O–H groups in total. The molecule has 12 heteroatoms. The molecule has 2 aliphatic rings. The zero-order chi connectivity index (χ0) is 27.8. The van der Waals surface area contributed by atoms with Gasteiger partial charge in [0, 0.05) is 11.3 Å². The van der Waals surface area contributed by atoms with Crippen LogP contribution in [-0.2, 0) is 15.3 Å². The summed E-state index contributed by atoms with van der Waals surface area (Å²) in [4.78, 5) is 28.0. The van der Waals surface area contributed by atoms with E-state index in [2.05, 4.69) is 10.2 Å². The summed E-state index contributed by atoms with van der Waals surface area (Å²) in [6.07, 6.45) is 0. The van der Waals surface area contributed by atoms with Crippen molar-refractivity contribution in [3.63, 3.8) is 0 Å². The number of ether oxygens (including phenoxy) is 2. The van der Waals surface area contributed by atoms with Gasteiger partial charge in [-0.3, -0.25) is 14.5 Å². The first kappa shape index (κ1) is 25.8. The Labute approximate surface area is 235 Å². The Hall–Kier alpha value is -4.42. The van der Waals surface area contributed by atoms with E-state index in [0.29, 0.717) is 40.4 Å². The minimum Gasteiger partial charge on any atom is -0.508 e. The monoisotopic (exact) mass is 577 g/mol. The number of anilines is 1. The van der Waals surface area contributed by atoms with E-state index in [1.165, 1.54) is 40.9 Å². The zero-order valence-corrected chi connectivity index (χ0v) is 22.2. The Morgan fingerprint density at radius 2 is 1.80 bits per heavy atom. The molecule has 1 amide bonds. The molecule has 9 nitrogen and oxygen atoms in total. The van der Waals surface area contributed by atoms with Crippen LogP contribution >= 0.6 is 23.1 Å². The van der Waals surface area contributed by atoms with Gasteiger partial charge < -0.3 is 19.7 Å². The number of fused-ring (bicyclic) bond motifs is 1. The number of hydrogen-bond acceptors (Lipinski definition) is 10. The number of aromatic hydroxyl groups is 1. The normalized spacial score (nSPS) is 17.8. The lowest BCUT2D eigenvalue weighted by atomic mass is 9.95. The van der Waals surface area contributed by atoms with Gasteiger partial charge >= 0.3 is 5.91 Å². The summed E-state index contributed by atoms with van der Waals surface area (Å²) in [5.41, 5.74) is 1.37. The number of benzene rings is 3. The molecule has 0 spiro atoms. The predicted octanol–water partition coefficient (Wildman–Crippen LogP) is 5.07. The van der Waals surface area contributed by atoms with Gasteiger partial charge in [0.25, 0.3) is 5.78 Å². The second-order valence-corrected chi connectivity index (χ2v) is 11.1. The molecule has 1 saturated heterocycles. The van der Waals surface area contributed by atoms with E-state index in [-0.39, 0.29) is 27.8 Å². The van der Waals surface area contributed by atoms with Gasteiger partial charge in [-0.2, -0.15) is 0 Å². The molecule has 3 aromatic carbocycles. The summed E-state index contributed by atoms with van der Waals surface area (Å²) in [6, 6.07) is 15.9. The van der Waals surface area contributed by atoms with Crippen molar-refractivity contribution in [2.24, 2.45) is 0 Å². The minimum atomic E-state index is -1.08. The zero-order valence-electron chi connectivity index (χ0n) is 20.6. The second kappa shape index (κ2) is 10.6. The van der Waals surface area contributed by atoms with Crippen LogP contribution in [0.4, 0.5) is 9.52 Å². The van der Waals surface area contributed by atoms with Gasteiger partial charge in [-0.15, -0.1) is 10.2 Å². The van der Waals surface area contributed by atoms with Gasteiger partial charge in [0.05, 0.1) is 11.6 Å². The Morgan fingerprint density at radius 1 is 1.02 bits per heavy atom. The maximum atomic E-state index is 13.4. The van der Waals surface area contributed by atoms with Crippen molar-refractivity contribution >= 4 is 45.7 Å². The quantitative estimate of drug-likeness (QED) is 0.106. The van der Waals surface area contributed by atoms with E-state index in [9.17, 15) is 24.2 Å². The largest absolute Gasteiger partial charge is 0.508 e. The number of thioether (sulfide) groups is 1. The van der Waals surface area contributed by atoms with Crippen LogP contribution in [0, 0.1) is 5.82 Å². The number of hydrogen-bond donors (Lipinski definition) is 2. The van der Waals surface area contributed by atoms with Crippen molar-refractivity contribution in [1.29, 1.82) is 0 Å². The van der Waals surface area contributed by atoms with Crippen molar-refractivity contribution in [1.82, 2.24) is 10.2 Å². The molecule has 3 heterocycles. The van der Waals surface area contributed by atoms with E-state index in [4.69, 9.17) is 9.47 Å². The molecule has 0 saturated carbocycles. The molecule has 1 fully saturated rings. The lowest BCUT2D eigenvalue weighted by molar-refractivity contribution is -0.132. The van der Waals surface area contributed by atoms with E-state index in [0.717, 1.165) is 16.9 Å². The highest BCUT2D eigenvalue weighted by Crippen LogP contribution is 2.45. The SMILES string of the molecule is O=C1C(=O)N(c2nnc(SCc3ccc(F)cc3)s2)[C@@H](c2cccc(O)c2)/C1=C(\O)c1ccc2c(c1)OCCO2. The summed E-state index contributed by atoms with van der Waals surface area (Å²) in [7, 11) is 0. The molecular weight excluding hydrogens is 557 g/mol. The number of phenolic OH excluding ortho intramolecular Hbond substituents is 1. The number of Topliss-reactive ketones (excluding diaryl/α,β-unsaturated/α-hetero) is 1. The highest BCUT2D eigenvalue weighted by Gasteiger charge is 2.48. The Bertz CT molecular complexity index is 1660. The number of phenols is 1. The lowest BCUT2D eigenvalue weighted by Crippen LogP contribution is -2.29. The molecule has 0 aliphatic carbocycles. The third-order valence-corrected chi connectivity index (χ3v) is 8.45. The highest BCUT2D eigenvalue weighted by molar-refractivity contribution is 8.00. The number of aromatic nitrogens is 2. The number of carbonyl (C=O) groups is 2. The summed E-state index contributed by atoms with van der Waals surface area (Å²) in [5.74, 6) is -1.19. The van der Waals surface area contributed by atoms with Crippen molar-refractivity contribution in [3.8, 4) is 17.2 Å². The van der Waals surface area contributed by atoms with Gasteiger partial charge in [0.2, 0.25) is 5.13 Å². The summed E-state index contributed by atoms with van der Waals surface area (Å²) in [6.45, 7) is 0.733. The van der Waals surface area contributed by atoms with Gasteiger partial charge in [0.1, 0.15) is 30.5 Å². The van der Waals surface area contributed by atoms with Gasteiger partial charge in [-0.25, -0.2) is 4.39 Å². The number of amides is 1. The standard InChI is InChI=1S/C28H20FN3O6S2/c29-18-7-4-15(5-8-18)14-39-28-31-30-27(40-28)32-23(16-2-1-3-19(33)12-16)22(25(35)26(32)36)24(34)17-6-9-20-21(13-17)38-11-10-37-20/h1-9,12-13,23,33-34H,10-11,14H2/b24-22+/t23-/m0/s1. The molecule has 6 rings (SSSR count). The summed E-state index contributed by atoms with van der Waals surface area (Å²) >= 11 is 2.46. The number of rotatable bonds is 6. The number of ketones is 1. The molecule has 40 heavy (non-hydrogen) atoms. The number of halogens is 1. The number of aliphatic hydroxyl groups is 1. The molecular formula is C28H20FN3O6S2. The van der Waals surface area contributed by atoms with Gasteiger partial charge in [0.15, 0.2) is 15.8 Å². The predicted molar refractivity (Wildman–Crippen MR) is 146 cm³/mol. The summed E-state index contributed by atoms with van der Waals surface area (Å²) < 4.78 is 24.9. The maximum Gasteiger partial charge on any atom is 0.301 e.